The molecule has 1 aromatic heterocycles. The molecule has 0 saturated carbocycles. The first kappa shape index (κ1) is 14.2. The molecule has 0 bridgehead atoms. The maximum Gasteiger partial charge on any atom is 0.193 e. The van der Waals surface area contributed by atoms with Gasteiger partial charge in [-0.15, -0.1) is 0 Å². The highest BCUT2D eigenvalue weighted by atomic mass is 32.2. The Labute approximate surface area is 117 Å². The molecular weight excluding hydrogens is 286 g/mol. The summed E-state index contributed by atoms with van der Waals surface area (Å²) in [5.74, 6) is -2.01. The molecule has 0 aliphatic carbocycles. The van der Waals surface area contributed by atoms with Crippen LogP contribution in [0.3, 0.4) is 0 Å². The van der Waals surface area contributed by atoms with Crippen LogP contribution in [-0.2, 0) is 0 Å². The maximum absolute atomic E-state index is 13.1. The van der Waals surface area contributed by atoms with Gasteiger partial charge in [-0.3, -0.25) is 0 Å². The fraction of sp³-hybridized carbons (Fsp3) is 0.0833. The fourth-order valence-electron chi connectivity index (χ4n) is 1.42. The Hall–Kier alpha value is -2.22. The van der Waals surface area contributed by atoms with Gasteiger partial charge in [-0.05, 0) is 43.0 Å². The number of halogens is 2. The van der Waals surface area contributed by atoms with Crippen LogP contribution in [0.1, 0.15) is 11.4 Å². The smallest absolute Gasteiger partial charge is 0.193 e. The number of aryl methyl sites for hydroxylation is 1. The van der Waals surface area contributed by atoms with Gasteiger partial charge < -0.3 is 10.9 Å². The average molecular weight is 296 g/mol. The summed E-state index contributed by atoms with van der Waals surface area (Å²) in [6.45, 7) is 1.71. The van der Waals surface area contributed by atoms with Crippen LogP contribution in [0.4, 0.5) is 8.78 Å². The van der Waals surface area contributed by atoms with Crippen LogP contribution in [-0.4, -0.2) is 21.0 Å². The van der Waals surface area contributed by atoms with Crippen molar-refractivity contribution >= 4 is 17.6 Å². The van der Waals surface area contributed by atoms with Crippen molar-refractivity contribution in [1.29, 1.82) is 0 Å². The van der Waals surface area contributed by atoms with Gasteiger partial charge in [0.1, 0.15) is 5.69 Å². The van der Waals surface area contributed by atoms with Gasteiger partial charge in [-0.25, -0.2) is 18.7 Å². The van der Waals surface area contributed by atoms with Crippen molar-refractivity contribution in [3.05, 3.63) is 47.3 Å². The van der Waals surface area contributed by atoms with Crippen molar-refractivity contribution in [2.75, 3.05) is 0 Å². The van der Waals surface area contributed by atoms with Gasteiger partial charge in [0.25, 0.3) is 0 Å². The highest BCUT2D eigenvalue weighted by Gasteiger charge is 2.09. The number of hydrogen-bond acceptors (Lipinski definition) is 5. The van der Waals surface area contributed by atoms with E-state index < -0.39 is 11.6 Å². The van der Waals surface area contributed by atoms with Crippen molar-refractivity contribution in [1.82, 2.24) is 9.97 Å². The van der Waals surface area contributed by atoms with E-state index >= 15 is 0 Å². The van der Waals surface area contributed by atoms with E-state index in [1.165, 1.54) is 6.07 Å². The first-order valence-electron chi connectivity index (χ1n) is 5.46. The molecule has 104 valence electrons. The number of aromatic nitrogens is 2. The second kappa shape index (κ2) is 5.83. The largest absolute Gasteiger partial charge is 0.409 e. The lowest BCUT2D eigenvalue weighted by Crippen LogP contribution is -2.16. The first-order chi connectivity index (χ1) is 9.49. The molecule has 1 aromatic carbocycles. The van der Waals surface area contributed by atoms with Gasteiger partial charge in [0, 0.05) is 10.6 Å². The molecule has 0 atom stereocenters. The van der Waals surface area contributed by atoms with Crippen LogP contribution in [0.5, 0.6) is 0 Å². The number of nitrogens with zero attached hydrogens (tertiary/aromatic N) is 3. The summed E-state index contributed by atoms with van der Waals surface area (Å²) >= 11 is 1.05. The molecule has 2 rings (SSSR count). The number of nitrogens with two attached hydrogens (primary N) is 1. The Balaban J connectivity index is 2.33. The summed E-state index contributed by atoms with van der Waals surface area (Å²) in [6, 6.07) is 5.04. The summed E-state index contributed by atoms with van der Waals surface area (Å²) in [5.41, 5.74) is 6.32. The number of oxime groups is 1. The normalized spacial score (nSPS) is 11.7. The topological polar surface area (TPSA) is 84.4 Å². The summed E-state index contributed by atoms with van der Waals surface area (Å²) in [5, 5.41) is 11.8. The van der Waals surface area contributed by atoms with E-state index in [0.29, 0.717) is 10.6 Å². The zero-order chi connectivity index (χ0) is 14.7. The van der Waals surface area contributed by atoms with E-state index in [0.717, 1.165) is 23.9 Å². The molecule has 5 nitrogen and oxygen atoms in total. The number of hydrogen-bond donors (Lipinski definition) is 2. The number of benzene rings is 1. The predicted molar refractivity (Wildman–Crippen MR) is 69.8 cm³/mol. The van der Waals surface area contributed by atoms with Gasteiger partial charge in [-0.1, -0.05) is 5.16 Å². The summed E-state index contributed by atoms with van der Waals surface area (Å²) in [6.07, 6.45) is 0. The highest BCUT2D eigenvalue weighted by molar-refractivity contribution is 7.99. The molecule has 2 aromatic rings. The Morgan fingerprint density at radius 1 is 1.25 bits per heavy atom. The monoisotopic (exact) mass is 296 g/mol. The minimum atomic E-state index is -0.945. The second-order valence-corrected chi connectivity index (χ2v) is 4.88. The summed E-state index contributed by atoms with van der Waals surface area (Å²) in [7, 11) is 0. The summed E-state index contributed by atoms with van der Waals surface area (Å²) in [4.78, 5) is 8.66. The van der Waals surface area contributed by atoms with Gasteiger partial charge in [0.2, 0.25) is 0 Å². The van der Waals surface area contributed by atoms with Crippen molar-refractivity contribution in [3.63, 3.8) is 0 Å². The van der Waals surface area contributed by atoms with Gasteiger partial charge in [0.15, 0.2) is 22.6 Å². The quantitative estimate of drug-likeness (QED) is 0.298. The van der Waals surface area contributed by atoms with Crippen LogP contribution in [0.15, 0.2) is 39.5 Å². The van der Waals surface area contributed by atoms with Crippen molar-refractivity contribution in [3.8, 4) is 0 Å². The minimum Gasteiger partial charge on any atom is -0.409 e. The van der Waals surface area contributed by atoms with E-state index in [4.69, 9.17) is 10.9 Å². The SMILES string of the molecule is Cc1cc(/C(N)=N/O)nc(Sc2ccc(F)c(F)c2)n1. The van der Waals surface area contributed by atoms with E-state index in [9.17, 15) is 8.78 Å². The Morgan fingerprint density at radius 2 is 2.00 bits per heavy atom. The molecule has 0 aliphatic rings. The van der Waals surface area contributed by atoms with Gasteiger partial charge in [0.05, 0.1) is 0 Å². The summed E-state index contributed by atoms with van der Waals surface area (Å²) < 4.78 is 26.0. The van der Waals surface area contributed by atoms with Crippen LogP contribution in [0.25, 0.3) is 0 Å². The third-order valence-electron chi connectivity index (χ3n) is 2.30. The molecule has 8 heteroatoms. The maximum atomic E-state index is 13.1. The minimum absolute atomic E-state index is 0.150. The molecule has 0 radical (unpaired) electrons. The molecular formula is C12H10F2N4OS. The van der Waals surface area contributed by atoms with Crippen molar-refractivity contribution < 1.29 is 14.0 Å². The third kappa shape index (κ3) is 3.21. The van der Waals surface area contributed by atoms with Crippen LogP contribution in [0.2, 0.25) is 0 Å². The van der Waals surface area contributed by atoms with E-state index in [1.807, 2.05) is 0 Å². The van der Waals surface area contributed by atoms with E-state index in [1.54, 1.807) is 13.0 Å². The molecule has 20 heavy (non-hydrogen) atoms. The second-order valence-electron chi connectivity index (χ2n) is 3.84. The van der Waals surface area contributed by atoms with Crippen LogP contribution in [0, 0.1) is 18.6 Å². The lowest BCUT2D eigenvalue weighted by atomic mass is 10.3. The van der Waals surface area contributed by atoms with Gasteiger partial charge in [-0.2, -0.15) is 0 Å². The molecule has 0 fully saturated rings. The first-order valence-corrected chi connectivity index (χ1v) is 6.27. The standard InChI is InChI=1S/C12H10F2N4OS/c1-6-4-10(11(15)18-19)17-12(16-6)20-7-2-3-8(13)9(14)5-7/h2-5,19H,1H3,(H2,15,18). The van der Waals surface area contributed by atoms with E-state index in [-0.39, 0.29) is 16.7 Å². The zero-order valence-electron chi connectivity index (χ0n) is 10.3. The molecule has 0 saturated heterocycles. The molecule has 3 N–H and O–H groups in total. The average Bonchev–Trinajstić information content (AvgIpc) is 2.41. The zero-order valence-corrected chi connectivity index (χ0v) is 11.2. The Bertz CT molecular complexity index is 679. The molecule has 0 spiro atoms. The lowest BCUT2D eigenvalue weighted by Gasteiger charge is -2.05. The van der Waals surface area contributed by atoms with E-state index in [2.05, 4.69) is 15.1 Å². The molecule has 1 heterocycles. The molecule has 0 unspecified atom stereocenters. The fourth-order valence-corrected chi connectivity index (χ4v) is 2.26. The predicted octanol–water partition coefficient (Wildman–Crippen LogP) is 2.31. The van der Waals surface area contributed by atoms with Crippen LogP contribution < -0.4 is 5.73 Å². The highest BCUT2D eigenvalue weighted by Crippen LogP contribution is 2.26. The number of amidine groups is 1. The Kier molecular flexibility index (Phi) is 4.14. The lowest BCUT2D eigenvalue weighted by molar-refractivity contribution is 0.318. The number of rotatable bonds is 3. The van der Waals surface area contributed by atoms with Crippen LogP contribution >= 0.6 is 11.8 Å². The van der Waals surface area contributed by atoms with Crippen molar-refractivity contribution in [2.24, 2.45) is 10.9 Å². The molecule has 0 aliphatic heterocycles. The van der Waals surface area contributed by atoms with Crippen molar-refractivity contribution in [2.45, 2.75) is 17.0 Å². The van der Waals surface area contributed by atoms with Gasteiger partial charge >= 0.3 is 0 Å². The Morgan fingerprint density at radius 3 is 2.65 bits per heavy atom. The third-order valence-corrected chi connectivity index (χ3v) is 3.16. The molecule has 0 amide bonds.